The van der Waals surface area contributed by atoms with Crippen LogP contribution in [0, 0.1) is 5.92 Å². The molecule has 28 heavy (non-hydrogen) atoms. The molecule has 0 bridgehead atoms. The third kappa shape index (κ3) is 4.31. The number of amides is 2. The maximum absolute atomic E-state index is 12.1. The van der Waals surface area contributed by atoms with Gasteiger partial charge in [0, 0.05) is 30.4 Å². The van der Waals surface area contributed by atoms with Gasteiger partial charge < -0.3 is 14.6 Å². The topological polar surface area (TPSA) is 83.3 Å². The van der Waals surface area contributed by atoms with Crippen LogP contribution in [0.1, 0.15) is 19.8 Å². The Morgan fingerprint density at radius 3 is 2.64 bits per heavy atom. The van der Waals surface area contributed by atoms with Crippen molar-refractivity contribution in [2.45, 2.75) is 19.8 Å². The third-order valence-corrected chi connectivity index (χ3v) is 4.93. The Bertz CT molecular complexity index is 916. The van der Waals surface area contributed by atoms with E-state index in [9.17, 15) is 4.79 Å². The van der Waals surface area contributed by atoms with Gasteiger partial charge in [-0.15, -0.1) is 10.2 Å². The Labute approximate surface area is 163 Å². The number of nitrogens with one attached hydrogen (secondary N) is 2. The van der Waals surface area contributed by atoms with Gasteiger partial charge in [-0.25, -0.2) is 4.79 Å². The Hall–Kier alpha value is -3.35. The van der Waals surface area contributed by atoms with Crippen LogP contribution in [-0.4, -0.2) is 29.3 Å². The van der Waals surface area contributed by atoms with Crippen molar-refractivity contribution in [3.8, 4) is 11.3 Å². The molecule has 0 atom stereocenters. The van der Waals surface area contributed by atoms with E-state index >= 15 is 0 Å². The van der Waals surface area contributed by atoms with E-state index in [-0.39, 0.29) is 6.03 Å². The molecule has 0 spiro atoms. The van der Waals surface area contributed by atoms with Crippen LogP contribution in [0.15, 0.2) is 59.2 Å². The smallest absolute Gasteiger partial charge is 0.326 e. The van der Waals surface area contributed by atoms with Gasteiger partial charge in [0.1, 0.15) is 0 Å². The average molecular weight is 377 g/mol. The van der Waals surface area contributed by atoms with Crippen molar-refractivity contribution in [1.29, 1.82) is 0 Å². The summed E-state index contributed by atoms with van der Waals surface area (Å²) < 4.78 is 5.11. The second-order valence-corrected chi connectivity index (χ2v) is 7.08. The Morgan fingerprint density at radius 1 is 1.07 bits per heavy atom. The molecular weight excluding hydrogens is 354 g/mol. The molecule has 2 N–H and O–H groups in total. The zero-order valence-corrected chi connectivity index (χ0v) is 15.8. The second-order valence-electron chi connectivity index (χ2n) is 7.08. The van der Waals surface area contributed by atoms with Crippen molar-refractivity contribution in [2.75, 3.05) is 28.6 Å². The Morgan fingerprint density at radius 2 is 1.93 bits per heavy atom. The van der Waals surface area contributed by atoms with Gasteiger partial charge in [0.2, 0.25) is 5.88 Å². The number of nitrogens with zero attached hydrogens (tertiary/aromatic N) is 3. The minimum Gasteiger partial charge on any atom is -0.449 e. The monoisotopic (exact) mass is 377 g/mol. The fourth-order valence-corrected chi connectivity index (χ4v) is 3.27. The number of aromatic nitrogens is 2. The van der Waals surface area contributed by atoms with Crippen molar-refractivity contribution < 1.29 is 9.21 Å². The quantitative estimate of drug-likeness (QED) is 0.693. The minimum atomic E-state index is -0.368. The van der Waals surface area contributed by atoms with Gasteiger partial charge >= 0.3 is 6.03 Å². The van der Waals surface area contributed by atoms with Crippen LogP contribution in [0.3, 0.4) is 0 Å². The number of hydrogen-bond acceptors (Lipinski definition) is 5. The molecule has 1 saturated heterocycles. The van der Waals surface area contributed by atoms with E-state index in [2.05, 4.69) is 32.7 Å². The molecule has 1 fully saturated rings. The first-order valence-corrected chi connectivity index (χ1v) is 9.48. The molecule has 0 saturated carbocycles. The van der Waals surface area contributed by atoms with Gasteiger partial charge in [0.15, 0.2) is 5.82 Å². The largest absolute Gasteiger partial charge is 0.449 e. The van der Waals surface area contributed by atoms with E-state index in [1.807, 2.05) is 36.4 Å². The molecule has 0 aliphatic carbocycles. The maximum atomic E-state index is 12.1. The van der Waals surface area contributed by atoms with Gasteiger partial charge in [-0.05, 0) is 49.1 Å². The summed E-state index contributed by atoms with van der Waals surface area (Å²) in [6.45, 7) is 4.35. The highest BCUT2D eigenvalue weighted by Gasteiger charge is 2.17. The Balaban J connectivity index is 1.43. The fourth-order valence-electron chi connectivity index (χ4n) is 3.27. The molecule has 4 rings (SSSR count). The zero-order chi connectivity index (χ0) is 19.3. The van der Waals surface area contributed by atoms with Crippen LogP contribution in [-0.2, 0) is 0 Å². The van der Waals surface area contributed by atoms with Gasteiger partial charge in [0.25, 0.3) is 0 Å². The number of hydrogen-bond donors (Lipinski definition) is 2. The zero-order valence-electron chi connectivity index (χ0n) is 15.8. The highest BCUT2D eigenvalue weighted by Crippen LogP contribution is 2.24. The van der Waals surface area contributed by atoms with Crippen LogP contribution >= 0.6 is 0 Å². The molecule has 7 nitrogen and oxygen atoms in total. The minimum absolute atomic E-state index is 0.368. The number of rotatable bonds is 4. The van der Waals surface area contributed by atoms with E-state index in [4.69, 9.17) is 4.42 Å². The highest BCUT2D eigenvalue weighted by molar-refractivity contribution is 5.99. The fraction of sp³-hybridized carbons (Fsp3) is 0.286. The summed E-state index contributed by atoms with van der Waals surface area (Å²) in [5.41, 5.74) is 2.32. The predicted octanol–water partition coefficient (Wildman–Crippen LogP) is 4.62. The van der Waals surface area contributed by atoms with Crippen molar-refractivity contribution >= 4 is 23.4 Å². The van der Waals surface area contributed by atoms with Crippen LogP contribution < -0.4 is 15.5 Å². The molecule has 0 radical (unpaired) electrons. The summed E-state index contributed by atoms with van der Waals surface area (Å²) >= 11 is 0. The SMILES string of the molecule is CC1CCN(c2ccc(-c3cccc(NC(=O)Nc4ccco4)c3)nn2)CC1. The van der Waals surface area contributed by atoms with E-state index in [1.165, 1.54) is 19.1 Å². The summed E-state index contributed by atoms with van der Waals surface area (Å²) in [5.74, 6) is 2.09. The van der Waals surface area contributed by atoms with Crippen LogP contribution in [0.5, 0.6) is 0 Å². The lowest BCUT2D eigenvalue weighted by Crippen LogP contribution is -2.33. The van der Waals surface area contributed by atoms with Gasteiger partial charge in [-0.3, -0.25) is 5.32 Å². The van der Waals surface area contributed by atoms with Crippen LogP contribution in [0.25, 0.3) is 11.3 Å². The van der Waals surface area contributed by atoms with Gasteiger partial charge in [-0.1, -0.05) is 19.1 Å². The molecule has 1 aliphatic heterocycles. The van der Waals surface area contributed by atoms with E-state index in [1.54, 1.807) is 12.1 Å². The van der Waals surface area contributed by atoms with Crippen LogP contribution in [0.2, 0.25) is 0 Å². The Kier molecular flexibility index (Phi) is 5.23. The molecular formula is C21H23N5O2. The normalized spacial score (nSPS) is 14.7. The first-order valence-electron chi connectivity index (χ1n) is 9.48. The van der Waals surface area contributed by atoms with E-state index in [0.717, 1.165) is 36.1 Å². The molecule has 2 aromatic heterocycles. The lowest BCUT2D eigenvalue weighted by molar-refractivity contribution is 0.261. The molecule has 3 aromatic rings. The van der Waals surface area contributed by atoms with E-state index < -0.39 is 0 Å². The average Bonchev–Trinajstić information content (AvgIpc) is 3.22. The summed E-state index contributed by atoms with van der Waals surface area (Å²) in [4.78, 5) is 14.3. The maximum Gasteiger partial charge on any atom is 0.326 e. The number of urea groups is 1. The number of furan rings is 1. The van der Waals surface area contributed by atoms with Crippen molar-refractivity contribution in [3.63, 3.8) is 0 Å². The number of carbonyl (C=O) groups is 1. The van der Waals surface area contributed by atoms with Gasteiger partial charge in [0.05, 0.1) is 12.0 Å². The molecule has 3 heterocycles. The predicted molar refractivity (Wildman–Crippen MR) is 109 cm³/mol. The number of anilines is 3. The first kappa shape index (κ1) is 18.0. The number of carbonyl (C=O) groups excluding carboxylic acids is 1. The summed E-state index contributed by atoms with van der Waals surface area (Å²) in [7, 11) is 0. The summed E-state index contributed by atoms with van der Waals surface area (Å²) in [6.07, 6.45) is 3.89. The summed E-state index contributed by atoms with van der Waals surface area (Å²) in [5, 5.41) is 14.2. The molecule has 7 heteroatoms. The van der Waals surface area contributed by atoms with Crippen molar-refractivity contribution in [2.24, 2.45) is 5.92 Å². The van der Waals surface area contributed by atoms with Gasteiger partial charge in [-0.2, -0.15) is 0 Å². The third-order valence-electron chi connectivity index (χ3n) is 4.93. The molecule has 1 aliphatic rings. The second kappa shape index (κ2) is 8.12. The lowest BCUT2D eigenvalue weighted by Gasteiger charge is -2.30. The lowest BCUT2D eigenvalue weighted by atomic mass is 9.99. The first-order chi connectivity index (χ1) is 13.7. The van der Waals surface area contributed by atoms with E-state index in [0.29, 0.717) is 11.6 Å². The number of piperidine rings is 1. The molecule has 0 unspecified atom stereocenters. The number of benzene rings is 1. The standard InChI is InChI=1S/C21H23N5O2/c1-15-9-11-26(12-10-15)19-8-7-18(24-25-19)16-4-2-5-17(14-16)22-21(27)23-20-6-3-13-28-20/h2-8,13-15H,9-12H2,1H3,(H2,22,23,27). The van der Waals surface area contributed by atoms with Crippen LogP contribution in [0.4, 0.5) is 22.2 Å². The van der Waals surface area contributed by atoms with Crippen molar-refractivity contribution in [1.82, 2.24) is 10.2 Å². The molecule has 144 valence electrons. The highest BCUT2D eigenvalue weighted by atomic mass is 16.3. The molecule has 1 aromatic carbocycles. The summed E-state index contributed by atoms with van der Waals surface area (Å²) in [6, 6.07) is 14.5. The van der Waals surface area contributed by atoms with Crippen molar-refractivity contribution in [3.05, 3.63) is 54.8 Å². The molecule has 2 amide bonds.